The molecule has 0 aliphatic rings. The molecular weight excluding hydrogens is 250 g/mol. The Bertz CT molecular complexity index is 560. The van der Waals surface area contributed by atoms with Gasteiger partial charge in [-0.15, -0.1) is 0 Å². The monoisotopic (exact) mass is 263 g/mol. The summed E-state index contributed by atoms with van der Waals surface area (Å²) in [4.78, 5) is 31.3. The number of amides is 1. The van der Waals surface area contributed by atoms with Gasteiger partial charge in [-0.2, -0.15) is 0 Å². The van der Waals surface area contributed by atoms with Crippen molar-refractivity contribution in [1.82, 2.24) is 19.3 Å². The summed E-state index contributed by atoms with van der Waals surface area (Å²) in [6, 6.07) is 1.76. The SMILES string of the molecule is NC(=O)CN(CC(=O)O)Cc1cn2cccnc2n1. The van der Waals surface area contributed by atoms with Gasteiger partial charge in [-0.1, -0.05) is 0 Å². The maximum absolute atomic E-state index is 10.9. The molecule has 0 atom stereocenters. The van der Waals surface area contributed by atoms with Crippen molar-refractivity contribution in [3.05, 3.63) is 30.4 Å². The van der Waals surface area contributed by atoms with Crippen molar-refractivity contribution >= 4 is 17.7 Å². The van der Waals surface area contributed by atoms with Gasteiger partial charge in [0.2, 0.25) is 11.7 Å². The minimum atomic E-state index is -1.02. The largest absolute Gasteiger partial charge is 0.480 e. The van der Waals surface area contributed by atoms with E-state index in [0.29, 0.717) is 11.5 Å². The Morgan fingerprint density at radius 3 is 2.84 bits per heavy atom. The minimum Gasteiger partial charge on any atom is -0.480 e. The third-order valence-corrected chi connectivity index (χ3v) is 2.41. The summed E-state index contributed by atoms with van der Waals surface area (Å²) < 4.78 is 1.72. The molecule has 0 aromatic carbocycles. The molecule has 0 saturated heterocycles. The van der Waals surface area contributed by atoms with E-state index in [9.17, 15) is 9.59 Å². The van der Waals surface area contributed by atoms with Crippen LogP contribution >= 0.6 is 0 Å². The number of rotatable bonds is 6. The molecule has 2 aromatic heterocycles. The molecule has 19 heavy (non-hydrogen) atoms. The fourth-order valence-corrected chi connectivity index (χ4v) is 1.76. The van der Waals surface area contributed by atoms with Crippen LogP contribution in [-0.2, 0) is 16.1 Å². The van der Waals surface area contributed by atoms with Crippen molar-refractivity contribution in [1.29, 1.82) is 0 Å². The van der Waals surface area contributed by atoms with Crippen LogP contribution in [0, 0.1) is 0 Å². The number of nitrogens with two attached hydrogens (primary N) is 1. The molecule has 0 aliphatic carbocycles. The Hall–Kier alpha value is -2.48. The Labute approximate surface area is 108 Å². The summed E-state index contributed by atoms with van der Waals surface area (Å²) in [5.74, 6) is -1.09. The number of aromatic nitrogens is 3. The van der Waals surface area contributed by atoms with Crippen LogP contribution in [-0.4, -0.2) is 49.3 Å². The van der Waals surface area contributed by atoms with Gasteiger partial charge in [-0.3, -0.25) is 18.9 Å². The molecule has 0 radical (unpaired) electrons. The normalized spacial score (nSPS) is 11.0. The van der Waals surface area contributed by atoms with Gasteiger partial charge < -0.3 is 10.8 Å². The third kappa shape index (κ3) is 3.49. The molecule has 0 saturated carbocycles. The smallest absolute Gasteiger partial charge is 0.317 e. The Kier molecular flexibility index (Phi) is 3.71. The van der Waals surface area contributed by atoms with E-state index >= 15 is 0 Å². The first-order valence-corrected chi connectivity index (χ1v) is 5.55. The van der Waals surface area contributed by atoms with E-state index in [2.05, 4.69) is 9.97 Å². The van der Waals surface area contributed by atoms with Crippen molar-refractivity contribution in [2.75, 3.05) is 13.1 Å². The van der Waals surface area contributed by atoms with Gasteiger partial charge in [0.25, 0.3) is 0 Å². The zero-order valence-electron chi connectivity index (χ0n) is 10.1. The van der Waals surface area contributed by atoms with E-state index < -0.39 is 11.9 Å². The number of hydrogen-bond acceptors (Lipinski definition) is 5. The van der Waals surface area contributed by atoms with Gasteiger partial charge >= 0.3 is 5.97 Å². The molecule has 8 nitrogen and oxygen atoms in total. The molecule has 0 aliphatic heterocycles. The summed E-state index contributed by atoms with van der Waals surface area (Å²) in [6.45, 7) is -0.184. The molecule has 2 rings (SSSR count). The second-order valence-corrected chi connectivity index (χ2v) is 4.06. The van der Waals surface area contributed by atoms with Crippen molar-refractivity contribution in [3.63, 3.8) is 0 Å². The first-order valence-electron chi connectivity index (χ1n) is 5.55. The van der Waals surface area contributed by atoms with Crippen molar-refractivity contribution in [3.8, 4) is 0 Å². The molecule has 0 spiro atoms. The number of primary amides is 1. The van der Waals surface area contributed by atoms with Gasteiger partial charge in [0.05, 0.1) is 18.8 Å². The van der Waals surface area contributed by atoms with E-state index in [1.807, 2.05) is 0 Å². The standard InChI is InChI=1S/C11H13N5O3/c12-9(17)6-15(7-10(18)19)4-8-5-16-3-1-2-13-11(16)14-8/h1-3,5H,4,6-7H2,(H2,12,17)(H,18,19). The first kappa shape index (κ1) is 13.0. The quantitative estimate of drug-likeness (QED) is 0.698. The Morgan fingerprint density at radius 2 is 2.21 bits per heavy atom. The number of nitrogens with zero attached hydrogens (tertiary/aromatic N) is 4. The third-order valence-electron chi connectivity index (χ3n) is 2.41. The van der Waals surface area contributed by atoms with E-state index in [4.69, 9.17) is 10.8 Å². The molecule has 100 valence electrons. The lowest BCUT2D eigenvalue weighted by molar-refractivity contribution is -0.138. The number of aliphatic carboxylic acids is 1. The van der Waals surface area contributed by atoms with Gasteiger partial charge in [-0.25, -0.2) is 9.97 Å². The summed E-state index contributed by atoms with van der Waals surface area (Å²) >= 11 is 0. The second-order valence-electron chi connectivity index (χ2n) is 4.06. The zero-order valence-corrected chi connectivity index (χ0v) is 10.1. The van der Waals surface area contributed by atoms with Crippen LogP contribution in [0.15, 0.2) is 24.7 Å². The summed E-state index contributed by atoms with van der Waals surface area (Å²) in [5, 5.41) is 8.78. The average Bonchev–Trinajstić information content (AvgIpc) is 2.68. The van der Waals surface area contributed by atoms with E-state index in [1.165, 1.54) is 4.90 Å². The minimum absolute atomic E-state index is 0.131. The van der Waals surface area contributed by atoms with Crippen LogP contribution in [0.4, 0.5) is 0 Å². The molecule has 0 unspecified atom stereocenters. The number of carbonyl (C=O) groups is 2. The highest BCUT2D eigenvalue weighted by atomic mass is 16.4. The number of hydrogen-bond donors (Lipinski definition) is 2. The number of carboxylic acid groups (broad SMARTS) is 1. The van der Waals surface area contributed by atoms with Crippen LogP contribution < -0.4 is 5.73 Å². The molecule has 3 N–H and O–H groups in total. The lowest BCUT2D eigenvalue weighted by atomic mass is 10.4. The van der Waals surface area contributed by atoms with Gasteiger partial charge in [-0.05, 0) is 6.07 Å². The summed E-state index contributed by atoms with van der Waals surface area (Å²) in [7, 11) is 0. The molecule has 8 heteroatoms. The van der Waals surface area contributed by atoms with Crippen molar-refractivity contribution < 1.29 is 14.7 Å². The van der Waals surface area contributed by atoms with Crippen LogP contribution in [0.5, 0.6) is 0 Å². The molecule has 0 bridgehead atoms. The average molecular weight is 263 g/mol. The van der Waals surface area contributed by atoms with Crippen molar-refractivity contribution in [2.45, 2.75) is 6.54 Å². The van der Waals surface area contributed by atoms with Crippen LogP contribution in [0.3, 0.4) is 0 Å². The van der Waals surface area contributed by atoms with Crippen LogP contribution in [0.25, 0.3) is 5.78 Å². The highest BCUT2D eigenvalue weighted by Crippen LogP contribution is 2.05. The molecule has 2 heterocycles. The van der Waals surface area contributed by atoms with Gasteiger partial charge in [0.15, 0.2) is 0 Å². The maximum Gasteiger partial charge on any atom is 0.317 e. The van der Waals surface area contributed by atoms with Gasteiger partial charge in [0, 0.05) is 25.1 Å². The molecule has 1 amide bonds. The number of carboxylic acids is 1. The van der Waals surface area contributed by atoms with Gasteiger partial charge in [0.1, 0.15) is 0 Å². The first-order chi connectivity index (χ1) is 9.04. The van der Waals surface area contributed by atoms with Crippen LogP contribution in [0.2, 0.25) is 0 Å². The predicted molar refractivity (Wildman–Crippen MR) is 65.1 cm³/mol. The van der Waals surface area contributed by atoms with Crippen molar-refractivity contribution in [2.24, 2.45) is 5.73 Å². The fourth-order valence-electron chi connectivity index (χ4n) is 1.76. The Balaban J connectivity index is 2.15. The number of fused-ring (bicyclic) bond motifs is 1. The zero-order chi connectivity index (χ0) is 13.8. The van der Waals surface area contributed by atoms with E-state index in [-0.39, 0.29) is 19.6 Å². The highest BCUT2D eigenvalue weighted by Gasteiger charge is 2.14. The summed E-state index contributed by atoms with van der Waals surface area (Å²) in [5.41, 5.74) is 5.71. The number of carbonyl (C=O) groups excluding carboxylic acids is 1. The highest BCUT2D eigenvalue weighted by molar-refractivity contribution is 5.77. The fraction of sp³-hybridized carbons (Fsp3) is 0.273. The van der Waals surface area contributed by atoms with Crippen LogP contribution in [0.1, 0.15) is 5.69 Å². The molecular formula is C11H13N5O3. The Morgan fingerprint density at radius 1 is 1.42 bits per heavy atom. The lowest BCUT2D eigenvalue weighted by Crippen LogP contribution is -2.36. The maximum atomic E-state index is 10.9. The summed E-state index contributed by atoms with van der Waals surface area (Å²) in [6.07, 6.45) is 5.14. The second kappa shape index (κ2) is 5.44. The lowest BCUT2D eigenvalue weighted by Gasteiger charge is -2.16. The molecule has 0 fully saturated rings. The molecule has 2 aromatic rings. The number of imidazole rings is 1. The van der Waals surface area contributed by atoms with E-state index in [1.54, 1.807) is 29.1 Å². The topological polar surface area (TPSA) is 114 Å². The predicted octanol–water partition coefficient (Wildman–Crippen LogP) is -0.899. The van der Waals surface area contributed by atoms with E-state index in [0.717, 1.165) is 0 Å².